The molecule has 3 rings (SSSR count). The van der Waals surface area contributed by atoms with Gasteiger partial charge in [-0.1, -0.05) is 33.3 Å². The van der Waals surface area contributed by atoms with Crippen molar-refractivity contribution in [2.24, 2.45) is 17.8 Å². The monoisotopic (exact) mass is 495 g/mol. The molecule has 10 heteroatoms. The fraction of sp³-hybridized carbons (Fsp3) is 0.478. The van der Waals surface area contributed by atoms with Crippen molar-refractivity contribution in [3.05, 3.63) is 41.3 Å². The molecular weight excluding hydrogens is 466 g/mol. The molecule has 0 amide bonds. The van der Waals surface area contributed by atoms with E-state index in [2.05, 4.69) is 25.5 Å². The molecule has 2 N–H and O–H groups in total. The van der Waals surface area contributed by atoms with Crippen LogP contribution in [-0.4, -0.2) is 38.2 Å². The number of anilines is 1. The number of ether oxygens (including phenoxy) is 2. The molecule has 1 aromatic heterocycles. The van der Waals surface area contributed by atoms with Crippen LogP contribution < -0.4 is 4.72 Å². The van der Waals surface area contributed by atoms with Gasteiger partial charge in [0.05, 0.1) is 0 Å². The summed E-state index contributed by atoms with van der Waals surface area (Å²) in [6, 6.07) is 6.71. The van der Waals surface area contributed by atoms with Crippen molar-refractivity contribution in [3.8, 4) is 5.75 Å². The van der Waals surface area contributed by atoms with Gasteiger partial charge in [-0.15, -0.1) is 11.3 Å². The standard InChI is InChI=1S/C23H29NO7S2/c1-14(2)17-8-6-15(3)11-20(17)31-21(26)13-30-23(27)18-12-16(7-9-19(18)25)24-33(28,29)22-5-4-10-32-22/h4-5,7,9-10,12,14-15,17,20,24-25H,6,8,11,13H2,1-3H3/t15-,17+,20+/m1/s1. The van der Waals surface area contributed by atoms with Gasteiger partial charge < -0.3 is 14.6 Å². The van der Waals surface area contributed by atoms with E-state index in [0.717, 1.165) is 36.7 Å². The fourth-order valence-corrected chi connectivity index (χ4v) is 6.08. The number of carbonyl (C=O) groups is 2. The Morgan fingerprint density at radius 3 is 2.67 bits per heavy atom. The number of benzene rings is 1. The van der Waals surface area contributed by atoms with Crippen LogP contribution in [0.5, 0.6) is 5.75 Å². The summed E-state index contributed by atoms with van der Waals surface area (Å²) in [5.74, 6) is -0.916. The Hall–Kier alpha value is -2.59. The van der Waals surface area contributed by atoms with E-state index in [1.807, 2.05) is 0 Å². The number of thiophene rings is 1. The Bertz CT molecular complexity index is 1080. The molecule has 1 aromatic carbocycles. The van der Waals surface area contributed by atoms with Crippen molar-refractivity contribution in [1.82, 2.24) is 0 Å². The summed E-state index contributed by atoms with van der Waals surface area (Å²) in [7, 11) is -3.82. The molecule has 1 fully saturated rings. The van der Waals surface area contributed by atoms with Crippen LogP contribution in [0.25, 0.3) is 0 Å². The molecule has 1 heterocycles. The zero-order valence-electron chi connectivity index (χ0n) is 18.8. The maximum Gasteiger partial charge on any atom is 0.344 e. The van der Waals surface area contributed by atoms with Crippen LogP contribution in [0.15, 0.2) is 39.9 Å². The number of nitrogens with one attached hydrogen (secondary N) is 1. The first-order valence-corrected chi connectivity index (χ1v) is 13.2. The molecule has 0 bridgehead atoms. The average molecular weight is 496 g/mol. The SMILES string of the molecule is CC(C)[C@@H]1CC[C@@H](C)C[C@@H]1OC(=O)COC(=O)c1cc(NS(=O)(=O)c2cccs2)ccc1O. The highest BCUT2D eigenvalue weighted by atomic mass is 32.2. The van der Waals surface area contributed by atoms with E-state index in [-0.39, 0.29) is 27.5 Å². The first-order valence-electron chi connectivity index (χ1n) is 10.8. The Balaban J connectivity index is 1.62. The van der Waals surface area contributed by atoms with Crippen molar-refractivity contribution >= 4 is 39.0 Å². The summed E-state index contributed by atoms with van der Waals surface area (Å²) in [6.45, 7) is 5.73. The van der Waals surface area contributed by atoms with Crippen LogP contribution in [0.3, 0.4) is 0 Å². The zero-order valence-corrected chi connectivity index (χ0v) is 20.4. The lowest BCUT2D eigenvalue weighted by Crippen LogP contribution is -2.36. The lowest BCUT2D eigenvalue weighted by atomic mass is 9.75. The Kier molecular flexibility index (Phi) is 8.01. The quantitative estimate of drug-likeness (QED) is 0.411. The molecule has 8 nitrogen and oxygen atoms in total. The minimum absolute atomic E-state index is 0.0756. The molecule has 180 valence electrons. The maximum atomic E-state index is 12.5. The maximum absolute atomic E-state index is 12.5. The zero-order chi connectivity index (χ0) is 24.2. The highest BCUT2D eigenvalue weighted by Crippen LogP contribution is 2.35. The Labute approximate surface area is 198 Å². The van der Waals surface area contributed by atoms with Crippen molar-refractivity contribution in [3.63, 3.8) is 0 Å². The van der Waals surface area contributed by atoms with Gasteiger partial charge in [0, 0.05) is 5.69 Å². The molecule has 1 saturated carbocycles. The molecule has 0 spiro atoms. The smallest absolute Gasteiger partial charge is 0.344 e. The van der Waals surface area contributed by atoms with Crippen LogP contribution in [0.1, 0.15) is 50.4 Å². The van der Waals surface area contributed by atoms with E-state index >= 15 is 0 Å². The summed E-state index contributed by atoms with van der Waals surface area (Å²) < 4.78 is 37.9. The lowest BCUT2D eigenvalue weighted by molar-refractivity contribution is -0.159. The minimum Gasteiger partial charge on any atom is -0.507 e. The number of rotatable bonds is 8. The third-order valence-corrected chi connectivity index (χ3v) is 8.57. The van der Waals surface area contributed by atoms with Crippen LogP contribution in [0.4, 0.5) is 5.69 Å². The van der Waals surface area contributed by atoms with Gasteiger partial charge in [0.1, 0.15) is 21.6 Å². The first-order chi connectivity index (χ1) is 15.6. The second kappa shape index (κ2) is 10.6. The number of hydrogen-bond donors (Lipinski definition) is 2. The highest BCUT2D eigenvalue weighted by molar-refractivity contribution is 7.94. The van der Waals surface area contributed by atoms with Crippen molar-refractivity contribution in [1.29, 1.82) is 0 Å². The summed E-state index contributed by atoms with van der Waals surface area (Å²) in [5, 5.41) is 11.7. The molecule has 33 heavy (non-hydrogen) atoms. The van der Waals surface area contributed by atoms with Gasteiger partial charge in [0.2, 0.25) is 0 Å². The van der Waals surface area contributed by atoms with E-state index in [9.17, 15) is 23.1 Å². The van der Waals surface area contributed by atoms with Gasteiger partial charge in [0.25, 0.3) is 10.0 Å². The number of aromatic hydroxyl groups is 1. The van der Waals surface area contributed by atoms with Crippen LogP contribution in [0, 0.1) is 17.8 Å². The summed E-state index contributed by atoms with van der Waals surface area (Å²) in [6.07, 6.45) is 2.63. The number of hydrogen-bond acceptors (Lipinski definition) is 8. The van der Waals surface area contributed by atoms with E-state index < -0.39 is 34.3 Å². The highest BCUT2D eigenvalue weighted by Gasteiger charge is 2.33. The average Bonchev–Trinajstić information content (AvgIpc) is 3.29. The summed E-state index contributed by atoms with van der Waals surface area (Å²) in [5.41, 5.74) is -0.188. The second-order valence-corrected chi connectivity index (χ2v) is 11.6. The van der Waals surface area contributed by atoms with Crippen molar-refractivity contribution in [2.45, 2.75) is 50.3 Å². The molecule has 0 aliphatic heterocycles. The fourth-order valence-electron chi connectivity index (χ4n) is 4.04. The van der Waals surface area contributed by atoms with Crippen molar-refractivity contribution < 1.29 is 32.6 Å². The van der Waals surface area contributed by atoms with Crippen LogP contribution in [-0.2, 0) is 24.3 Å². The van der Waals surface area contributed by atoms with E-state index in [1.165, 1.54) is 18.2 Å². The van der Waals surface area contributed by atoms with Gasteiger partial charge in [-0.25, -0.2) is 18.0 Å². The summed E-state index contributed by atoms with van der Waals surface area (Å²) >= 11 is 1.05. The molecular formula is C23H29NO7S2. The Morgan fingerprint density at radius 2 is 2.00 bits per heavy atom. The molecule has 0 radical (unpaired) electrons. The third-order valence-electron chi connectivity index (χ3n) is 5.79. The van der Waals surface area contributed by atoms with E-state index in [0.29, 0.717) is 11.8 Å². The van der Waals surface area contributed by atoms with Gasteiger partial charge in [-0.05, 0) is 60.2 Å². The lowest BCUT2D eigenvalue weighted by Gasteiger charge is -2.36. The Morgan fingerprint density at radius 1 is 1.24 bits per heavy atom. The molecule has 0 saturated heterocycles. The third kappa shape index (κ3) is 6.48. The van der Waals surface area contributed by atoms with E-state index in [1.54, 1.807) is 11.4 Å². The van der Waals surface area contributed by atoms with Crippen molar-refractivity contribution in [2.75, 3.05) is 11.3 Å². The van der Waals surface area contributed by atoms with Crippen LogP contribution >= 0.6 is 11.3 Å². The van der Waals surface area contributed by atoms with Crippen LogP contribution in [0.2, 0.25) is 0 Å². The number of carbonyl (C=O) groups excluding carboxylic acids is 2. The second-order valence-electron chi connectivity index (χ2n) is 8.70. The molecule has 3 atom stereocenters. The number of esters is 2. The topological polar surface area (TPSA) is 119 Å². The van der Waals surface area contributed by atoms with Gasteiger partial charge in [0.15, 0.2) is 6.61 Å². The van der Waals surface area contributed by atoms with Gasteiger partial charge in [-0.3, -0.25) is 4.72 Å². The largest absolute Gasteiger partial charge is 0.507 e. The van der Waals surface area contributed by atoms with E-state index in [4.69, 9.17) is 9.47 Å². The predicted octanol–water partition coefficient (Wildman–Crippen LogP) is 4.42. The molecule has 1 aliphatic carbocycles. The first kappa shape index (κ1) is 25.0. The molecule has 2 aromatic rings. The number of phenols is 1. The number of phenolic OH excluding ortho intramolecular Hbond substituents is 1. The minimum atomic E-state index is -3.82. The number of sulfonamides is 1. The molecule has 1 aliphatic rings. The predicted molar refractivity (Wildman–Crippen MR) is 125 cm³/mol. The van der Waals surface area contributed by atoms with Gasteiger partial charge >= 0.3 is 11.9 Å². The molecule has 0 unspecified atom stereocenters. The summed E-state index contributed by atoms with van der Waals surface area (Å²) in [4.78, 5) is 24.8. The normalized spacial score (nSPS) is 20.9. The van der Waals surface area contributed by atoms with Gasteiger partial charge in [-0.2, -0.15) is 0 Å².